The van der Waals surface area contributed by atoms with Gasteiger partial charge in [-0.25, -0.2) is 4.79 Å². The Kier molecular flexibility index (Phi) is 5.81. The minimum Gasteiger partial charge on any atom is -0.318 e. The van der Waals surface area contributed by atoms with E-state index in [1.54, 1.807) is 24.3 Å². The van der Waals surface area contributed by atoms with Crippen molar-refractivity contribution >= 4 is 35.5 Å². The van der Waals surface area contributed by atoms with E-state index in [1.165, 1.54) is 7.05 Å². The number of aryl methyl sites for hydroxylation is 1. The predicted octanol–water partition coefficient (Wildman–Crippen LogP) is 4.67. The Hall–Kier alpha value is -2.00. The first-order valence-electron chi connectivity index (χ1n) is 8.02. The van der Waals surface area contributed by atoms with Gasteiger partial charge in [0.15, 0.2) is 5.69 Å². The first-order valence-corrected chi connectivity index (χ1v) is 9.38. The largest absolute Gasteiger partial charge is 0.435 e. The summed E-state index contributed by atoms with van der Waals surface area (Å²) in [6.07, 6.45) is -2.34. The van der Waals surface area contributed by atoms with Crippen LogP contribution in [0.1, 0.15) is 29.7 Å². The lowest BCUT2D eigenvalue weighted by molar-refractivity contribution is -0.145. The molecule has 3 rings (SSSR count). The molecule has 10 heteroatoms. The molecule has 1 aliphatic rings. The van der Waals surface area contributed by atoms with Crippen molar-refractivity contribution in [3.05, 3.63) is 46.1 Å². The van der Waals surface area contributed by atoms with Gasteiger partial charge in [-0.15, -0.1) is 11.8 Å². The van der Waals surface area contributed by atoms with Gasteiger partial charge in [0.25, 0.3) is 0 Å². The Morgan fingerprint density at radius 3 is 2.78 bits per heavy atom. The zero-order valence-electron chi connectivity index (χ0n) is 14.2. The molecule has 0 N–H and O–H groups in total. The fourth-order valence-corrected chi connectivity index (χ4v) is 3.67. The lowest BCUT2D eigenvalue weighted by Crippen LogP contribution is -2.09. The average molecular weight is 418 g/mol. The molecule has 0 spiro atoms. The Balaban J connectivity index is 1.85. The van der Waals surface area contributed by atoms with Crippen molar-refractivity contribution in [3.63, 3.8) is 0 Å². The summed E-state index contributed by atoms with van der Waals surface area (Å²) in [5.41, 5.74) is -0.550. The van der Waals surface area contributed by atoms with Gasteiger partial charge in [-0.1, -0.05) is 35.0 Å². The molecule has 1 aromatic heterocycles. The molecule has 1 heterocycles. The zero-order chi connectivity index (χ0) is 19.6. The summed E-state index contributed by atoms with van der Waals surface area (Å²) in [5, 5.41) is 7.79. The van der Waals surface area contributed by atoms with E-state index in [2.05, 4.69) is 15.1 Å². The molecule has 0 unspecified atom stereocenters. The van der Waals surface area contributed by atoms with Crippen LogP contribution in [0.3, 0.4) is 0 Å². The second kappa shape index (κ2) is 7.93. The number of thioether (sulfide) groups is 1. The summed E-state index contributed by atoms with van der Waals surface area (Å²) in [4.78, 5) is 16.2. The summed E-state index contributed by atoms with van der Waals surface area (Å²) >= 11 is 7.24. The van der Waals surface area contributed by atoms with Crippen LogP contribution in [0.25, 0.3) is 0 Å². The Morgan fingerprint density at radius 1 is 1.44 bits per heavy atom. The quantitative estimate of drug-likeness (QED) is 0.296. The van der Waals surface area contributed by atoms with Crippen LogP contribution >= 0.6 is 23.4 Å². The fraction of sp³-hybridized carbons (Fsp3) is 0.353. The van der Waals surface area contributed by atoms with Gasteiger partial charge in [0.2, 0.25) is 0 Å². The third-order valence-corrected chi connectivity index (χ3v) is 5.44. The van der Waals surface area contributed by atoms with E-state index < -0.39 is 17.8 Å². The van der Waals surface area contributed by atoms with Crippen LogP contribution in [0.15, 0.2) is 34.4 Å². The highest BCUT2D eigenvalue weighted by Crippen LogP contribution is 2.36. The lowest BCUT2D eigenvalue weighted by Gasteiger charge is -2.06. The Labute approximate surface area is 162 Å². The van der Waals surface area contributed by atoms with Crippen molar-refractivity contribution in [1.29, 1.82) is 0 Å². The Morgan fingerprint density at radius 2 is 2.15 bits per heavy atom. The second-order valence-corrected chi connectivity index (χ2v) is 7.36. The molecule has 1 aromatic carbocycles. The van der Waals surface area contributed by atoms with E-state index >= 15 is 0 Å². The monoisotopic (exact) mass is 417 g/mol. The summed E-state index contributed by atoms with van der Waals surface area (Å²) in [6.45, 7) is 0. The zero-order valence-corrected chi connectivity index (χ0v) is 15.7. The van der Waals surface area contributed by atoms with Gasteiger partial charge in [0.05, 0.1) is 17.7 Å². The normalized spacial score (nSPS) is 14.7. The summed E-state index contributed by atoms with van der Waals surface area (Å²) in [7, 11) is 1.41. The van der Waals surface area contributed by atoms with Gasteiger partial charge in [0.1, 0.15) is 5.03 Å². The van der Waals surface area contributed by atoms with Gasteiger partial charge in [-0.3, -0.25) is 4.68 Å². The van der Waals surface area contributed by atoms with E-state index in [9.17, 15) is 18.0 Å². The topological polar surface area (TPSA) is 56.5 Å². The molecular weight excluding hydrogens is 403 g/mol. The van der Waals surface area contributed by atoms with E-state index in [0.29, 0.717) is 23.6 Å². The lowest BCUT2D eigenvalue weighted by atomic mass is 10.2. The molecule has 27 heavy (non-hydrogen) atoms. The molecule has 144 valence electrons. The number of aromatic nitrogens is 2. The summed E-state index contributed by atoms with van der Waals surface area (Å²) in [5.74, 6) is -0.389. The van der Waals surface area contributed by atoms with Gasteiger partial charge in [0, 0.05) is 17.8 Å². The maximum absolute atomic E-state index is 13.3. The number of hydrogen-bond donors (Lipinski definition) is 0. The van der Waals surface area contributed by atoms with Gasteiger partial charge < -0.3 is 4.84 Å². The third-order valence-electron chi connectivity index (χ3n) is 3.86. The summed E-state index contributed by atoms with van der Waals surface area (Å²) < 4.78 is 41.1. The molecule has 5 nitrogen and oxygen atoms in total. The number of carbonyl (C=O) groups excluding carboxylic acids is 1. The van der Waals surface area contributed by atoms with Crippen LogP contribution < -0.4 is 0 Å². The van der Waals surface area contributed by atoms with Gasteiger partial charge in [-0.2, -0.15) is 18.3 Å². The molecule has 2 aromatic rings. The SMILES string of the molecule is Cn1nc(C(F)(F)F)c(/C=N\OC(=O)C2CC2)c1SCc1ccccc1Cl. The minimum atomic E-state index is -4.66. The highest BCUT2D eigenvalue weighted by Gasteiger charge is 2.39. The van der Waals surface area contributed by atoms with Crippen molar-refractivity contribution in [1.82, 2.24) is 9.78 Å². The standard InChI is InChI=1S/C17H15ClF3N3O2S/c1-24-15(27-9-11-4-2-3-5-13(11)18)12(14(23-24)17(19,20)21)8-22-26-16(25)10-6-7-10/h2-5,8,10H,6-7,9H2,1H3/b22-8-. The molecular formula is C17H15ClF3N3O2S. The van der Waals surface area contributed by atoms with Gasteiger partial charge in [-0.05, 0) is 24.5 Å². The number of alkyl halides is 3. The number of hydrogen-bond acceptors (Lipinski definition) is 5. The maximum Gasteiger partial charge on any atom is 0.435 e. The molecule has 0 bridgehead atoms. The van der Waals surface area contributed by atoms with Crippen LogP contribution in [0.5, 0.6) is 0 Å². The van der Waals surface area contributed by atoms with Crippen molar-refractivity contribution in [2.24, 2.45) is 18.1 Å². The predicted molar refractivity (Wildman–Crippen MR) is 95.6 cm³/mol. The third kappa shape index (κ3) is 4.84. The first kappa shape index (κ1) is 19.8. The van der Waals surface area contributed by atoms with E-state index in [4.69, 9.17) is 11.6 Å². The minimum absolute atomic E-state index is 0.202. The molecule has 0 amide bonds. The van der Waals surface area contributed by atoms with Crippen LogP contribution in [0, 0.1) is 5.92 Å². The maximum atomic E-state index is 13.3. The first-order chi connectivity index (χ1) is 12.8. The molecule has 0 radical (unpaired) electrons. The van der Waals surface area contributed by atoms with E-state index in [-0.39, 0.29) is 16.5 Å². The van der Waals surface area contributed by atoms with Crippen molar-refractivity contribution in [2.45, 2.75) is 29.8 Å². The number of carbonyl (C=O) groups is 1. The van der Waals surface area contributed by atoms with E-state index in [0.717, 1.165) is 28.2 Å². The van der Waals surface area contributed by atoms with Crippen LogP contribution in [0.2, 0.25) is 5.02 Å². The molecule has 1 saturated carbocycles. The molecule has 0 atom stereocenters. The van der Waals surface area contributed by atoms with Crippen LogP contribution in [-0.4, -0.2) is 22.0 Å². The average Bonchev–Trinajstić information content (AvgIpc) is 3.39. The summed E-state index contributed by atoms with van der Waals surface area (Å²) in [6, 6.07) is 7.07. The highest BCUT2D eigenvalue weighted by atomic mass is 35.5. The van der Waals surface area contributed by atoms with Crippen molar-refractivity contribution < 1.29 is 22.8 Å². The number of oxime groups is 1. The van der Waals surface area contributed by atoms with Crippen molar-refractivity contribution in [2.75, 3.05) is 0 Å². The smallest absolute Gasteiger partial charge is 0.318 e. The van der Waals surface area contributed by atoms with Crippen LogP contribution in [0.4, 0.5) is 13.2 Å². The number of nitrogens with zero attached hydrogens (tertiary/aromatic N) is 3. The van der Waals surface area contributed by atoms with E-state index in [1.807, 2.05) is 0 Å². The molecule has 1 aliphatic carbocycles. The van der Waals surface area contributed by atoms with Gasteiger partial charge >= 0.3 is 12.1 Å². The van der Waals surface area contributed by atoms with Crippen molar-refractivity contribution in [3.8, 4) is 0 Å². The molecule has 1 fully saturated rings. The number of halogens is 4. The fourth-order valence-electron chi connectivity index (χ4n) is 2.31. The second-order valence-electron chi connectivity index (χ2n) is 5.99. The molecule has 0 saturated heterocycles. The van der Waals surface area contributed by atoms with Crippen LogP contribution in [-0.2, 0) is 28.6 Å². The highest BCUT2D eigenvalue weighted by molar-refractivity contribution is 7.98. The number of rotatable bonds is 6. The molecule has 0 aliphatic heterocycles. The Bertz CT molecular complexity index is 879. The number of benzene rings is 1.